The number of hydrogen-bond donors (Lipinski definition) is 2. The van der Waals surface area contributed by atoms with Gasteiger partial charge in [-0.2, -0.15) is 4.98 Å². The molecule has 0 saturated carbocycles. The van der Waals surface area contributed by atoms with Gasteiger partial charge in [0.2, 0.25) is 11.8 Å². The lowest BCUT2D eigenvalue weighted by Gasteiger charge is -2.10. The molecule has 3 aromatic carbocycles. The topological polar surface area (TPSA) is 90.1 Å². The van der Waals surface area contributed by atoms with Crippen LogP contribution in [0.1, 0.15) is 10.4 Å². The molecule has 0 aliphatic heterocycles. The van der Waals surface area contributed by atoms with Crippen LogP contribution in [0.2, 0.25) is 0 Å². The number of nitrogens with zero attached hydrogens (tertiary/aromatic N) is 2. The minimum atomic E-state index is -0.163. The van der Waals surface area contributed by atoms with Crippen LogP contribution in [0.25, 0.3) is 10.8 Å². The maximum absolute atomic E-state index is 12.7. The fourth-order valence-electron chi connectivity index (χ4n) is 2.78. The van der Waals surface area contributed by atoms with Crippen LogP contribution in [0, 0.1) is 0 Å². The summed E-state index contributed by atoms with van der Waals surface area (Å²) >= 11 is 0. The number of fused-ring (bicyclic) bond motifs is 1. The number of amides is 1. The first-order valence-electron chi connectivity index (χ1n) is 8.34. The molecular formula is C21H16N4O2. The molecule has 1 amide bonds. The van der Waals surface area contributed by atoms with Crippen molar-refractivity contribution in [2.24, 2.45) is 0 Å². The lowest BCUT2D eigenvalue weighted by molar-refractivity contribution is 0.102. The van der Waals surface area contributed by atoms with Crippen molar-refractivity contribution in [1.82, 2.24) is 9.97 Å². The zero-order valence-corrected chi connectivity index (χ0v) is 14.3. The Kier molecular flexibility index (Phi) is 4.37. The van der Waals surface area contributed by atoms with Crippen molar-refractivity contribution in [2.75, 3.05) is 11.1 Å². The molecule has 1 aromatic heterocycles. The minimum Gasteiger partial charge on any atom is -0.439 e. The van der Waals surface area contributed by atoms with Gasteiger partial charge < -0.3 is 15.8 Å². The molecule has 0 atom stereocenters. The summed E-state index contributed by atoms with van der Waals surface area (Å²) in [6, 6.07) is 22.1. The predicted molar refractivity (Wildman–Crippen MR) is 105 cm³/mol. The summed E-state index contributed by atoms with van der Waals surface area (Å²) in [5.41, 5.74) is 6.92. The lowest BCUT2D eigenvalue weighted by Crippen LogP contribution is -2.12. The Bertz CT molecular complexity index is 1110. The van der Waals surface area contributed by atoms with Gasteiger partial charge in [-0.15, -0.1) is 0 Å². The number of carbonyl (C=O) groups excluding carboxylic acids is 1. The molecule has 6 heteroatoms. The molecule has 1 heterocycles. The summed E-state index contributed by atoms with van der Waals surface area (Å²) in [5, 5.41) is 4.63. The predicted octanol–water partition coefficient (Wildman–Crippen LogP) is 4.26. The number of nitrogen functional groups attached to an aromatic ring is 1. The van der Waals surface area contributed by atoms with Crippen LogP contribution in [0.4, 0.5) is 11.6 Å². The molecule has 3 N–H and O–H groups in total. The van der Waals surface area contributed by atoms with Crippen molar-refractivity contribution in [3.8, 4) is 11.6 Å². The Morgan fingerprint density at radius 1 is 0.963 bits per heavy atom. The highest BCUT2D eigenvalue weighted by molar-refractivity contribution is 6.13. The van der Waals surface area contributed by atoms with E-state index in [4.69, 9.17) is 10.5 Å². The van der Waals surface area contributed by atoms with Crippen molar-refractivity contribution < 1.29 is 9.53 Å². The van der Waals surface area contributed by atoms with Crippen molar-refractivity contribution in [3.05, 3.63) is 84.6 Å². The zero-order valence-electron chi connectivity index (χ0n) is 14.3. The third kappa shape index (κ3) is 3.69. The van der Waals surface area contributed by atoms with Crippen molar-refractivity contribution in [1.29, 1.82) is 0 Å². The zero-order chi connectivity index (χ0) is 18.6. The van der Waals surface area contributed by atoms with E-state index < -0.39 is 0 Å². The standard InChI is InChI=1S/C21H16N4O2/c22-21-23-12-11-19(25-21)27-16-9-10-17-14(13-16)5-4-8-18(17)20(26)24-15-6-2-1-3-7-15/h1-13H,(H,24,26)(H2,22,23,25). The number of hydrogen-bond acceptors (Lipinski definition) is 5. The molecule has 6 nitrogen and oxygen atoms in total. The highest BCUT2D eigenvalue weighted by Crippen LogP contribution is 2.27. The van der Waals surface area contributed by atoms with Gasteiger partial charge in [-0.3, -0.25) is 4.79 Å². The minimum absolute atomic E-state index is 0.146. The van der Waals surface area contributed by atoms with Gasteiger partial charge in [-0.1, -0.05) is 30.3 Å². The number of ether oxygens (including phenoxy) is 1. The maximum Gasteiger partial charge on any atom is 0.256 e. The third-order valence-electron chi connectivity index (χ3n) is 4.00. The van der Waals surface area contributed by atoms with Gasteiger partial charge in [0.1, 0.15) is 5.75 Å². The molecule has 0 radical (unpaired) electrons. The second-order valence-corrected chi connectivity index (χ2v) is 5.86. The second kappa shape index (κ2) is 7.13. The fraction of sp³-hybridized carbons (Fsp3) is 0. The molecule has 0 unspecified atom stereocenters. The normalized spacial score (nSPS) is 10.5. The average molecular weight is 356 g/mol. The third-order valence-corrected chi connectivity index (χ3v) is 4.00. The molecule has 0 aliphatic rings. The fourth-order valence-corrected chi connectivity index (χ4v) is 2.78. The van der Waals surface area contributed by atoms with Crippen LogP contribution < -0.4 is 15.8 Å². The van der Waals surface area contributed by atoms with E-state index >= 15 is 0 Å². The quantitative estimate of drug-likeness (QED) is 0.570. The molecule has 132 valence electrons. The Hall–Kier alpha value is -3.93. The van der Waals surface area contributed by atoms with E-state index in [-0.39, 0.29) is 11.9 Å². The highest BCUT2D eigenvalue weighted by atomic mass is 16.5. The molecular weight excluding hydrogens is 340 g/mol. The number of rotatable bonds is 4. The molecule has 27 heavy (non-hydrogen) atoms. The van der Waals surface area contributed by atoms with Crippen LogP contribution in [0.5, 0.6) is 11.6 Å². The second-order valence-electron chi connectivity index (χ2n) is 5.86. The largest absolute Gasteiger partial charge is 0.439 e. The molecule has 0 bridgehead atoms. The van der Waals surface area contributed by atoms with E-state index in [1.807, 2.05) is 54.6 Å². The Morgan fingerprint density at radius 2 is 1.81 bits per heavy atom. The van der Waals surface area contributed by atoms with Gasteiger partial charge in [0.05, 0.1) is 0 Å². The number of nitrogens with one attached hydrogen (secondary N) is 1. The maximum atomic E-state index is 12.7. The Balaban J connectivity index is 1.63. The number of anilines is 2. The first-order valence-corrected chi connectivity index (χ1v) is 8.34. The SMILES string of the molecule is Nc1nccc(Oc2ccc3c(C(=O)Nc4ccccc4)cccc3c2)n1. The summed E-state index contributed by atoms with van der Waals surface area (Å²) in [6.07, 6.45) is 1.53. The number of aromatic nitrogens is 2. The Morgan fingerprint density at radius 3 is 2.63 bits per heavy atom. The van der Waals surface area contributed by atoms with E-state index in [2.05, 4.69) is 15.3 Å². The van der Waals surface area contributed by atoms with Crippen LogP contribution in [0.3, 0.4) is 0 Å². The van der Waals surface area contributed by atoms with Crippen LogP contribution in [-0.2, 0) is 0 Å². The van der Waals surface area contributed by atoms with E-state index in [1.54, 1.807) is 18.2 Å². The number of carbonyl (C=O) groups is 1. The molecule has 0 saturated heterocycles. The van der Waals surface area contributed by atoms with E-state index in [0.29, 0.717) is 17.2 Å². The van der Waals surface area contributed by atoms with Crippen molar-refractivity contribution in [2.45, 2.75) is 0 Å². The first kappa shape index (κ1) is 16.5. The van der Waals surface area contributed by atoms with Crippen LogP contribution in [-0.4, -0.2) is 15.9 Å². The number of para-hydroxylation sites is 1. The lowest BCUT2D eigenvalue weighted by atomic mass is 10.0. The molecule has 0 spiro atoms. The van der Waals surface area contributed by atoms with Gasteiger partial charge in [0.15, 0.2) is 0 Å². The first-order chi connectivity index (χ1) is 13.2. The summed E-state index contributed by atoms with van der Waals surface area (Å²) < 4.78 is 5.73. The highest BCUT2D eigenvalue weighted by Gasteiger charge is 2.11. The smallest absolute Gasteiger partial charge is 0.256 e. The van der Waals surface area contributed by atoms with E-state index in [0.717, 1.165) is 16.5 Å². The van der Waals surface area contributed by atoms with Gasteiger partial charge in [-0.25, -0.2) is 4.98 Å². The van der Waals surface area contributed by atoms with E-state index in [9.17, 15) is 4.79 Å². The van der Waals surface area contributed by atoms with Crippen molar-refractivity contribution >= 4 is 28.3 Å². The number of nitrogens with two attached hydrogens (primary N) is 1. The molecule has 0 fully saturated rings. The van der Waals surface area contributed by atoms with Gasteiger partial charge >= 0.3 is 0 Å². The van der Waals surface area contributed by atoms with Crippen LogP contribution >= 0.6 is 0 Å². The monoisotopic (exact) mass is 356 g/mol. The summed E-state index contributed by atoms with van der Waals surface area (Å²) in [4.78, 5) is 20.5. The molecule has 4 aromatic rings. The molecule has 0 aliphatic carbocycles. The molecule has 4 rings (SSSR count). The van der Waals surface area contributed by atoms with Gasteiger partial charge in [0, 0.05) is 23.5 Å². The summed E-state index contributed by atoms with van der Waals surface area (Å²) in [6.45, 7) is 0. The Labute approximate surface area is 155 Å². The summed E-state index contributed by atoms with van der Waals surface area (Å²) in [7, 11) is 0. The van der Waals surface area contributed by atoms with E-state index in [1.165, 1.54) is 6.20 Å². The summed E-state index contributed by atoms with van der Waals surface area (Å²) in [5.74, 6) is 0.943. The van der Waals surface area contributed by atoms with Gasteiger partial charge in [0.25, 0.3) is 5.91 Å². The van der Waals surface area contributed by atoms with Crippen LogP contribution in [0.15, 0.2) is 79.0 Å². The van der Waals surface area contributed by atoms with Crippen molar-refractivity contribution in [3.63, 3.8) is 0 Å². The number of benzene rings is 3. The van der Waals surface area contributed by atoms with Gasteiger partial charge in [-0.05, 0) is 47.2 Å². The average Bonchev–Trinajstić information content (AvgIpc) is 2.68.